The van der Waals surface area contributed by atoms with Crippen LogP contribution in [0.4, 0.5) is 13.2 Å². The fraction of sp³-hybridized carbons (Fsp3) is 0.211. The van der Waals surface area contributed by atoms with Crippen molar-refractivity contribution >= 4 is 5.97 Å². The fourth-order valence-corrected chi connectivity index (χ4v) is 2.32. The molecule has 0 fully saturated rings. The Morgan fingerprint density at radius 2 is 1.62 bits per heavy atom. The second-order valence-electron chi connectivity index (χ2n) is 5.79. The Bertz CT molecular complexity index is 969. The molecule has 3 rings (SSSR count). The Hall–Kier alpha value is -3.56. The molecule has 0 spiro atoms. The van der Waals surface area contributed by atoms with Gasteiger partial charge >= 0.3 is 12.3 Å². The molecule has 0 saturated carbocycles. The van der Waals surface area contributed by atoms with E-state index in [1.807, 2.05) is 0 Å². The minimum absolute atomic E-state index is 0.0428. The first-order valence-electron chi connectivity index (χ1n) is 8.30. The number of halogens is 3. The summed E-state index contributed by atoms with van der Waals surface area (Å²) in [5.74, 6) is -0.230. The van der Waals surface area contributed by atoms with Crippen molar-refractivity contribution in [1.29, 1.82) is 0 Å². The lowest BCUT2D eigenvalue weighted by Crippen LogP contribution is -2.17. The number of ether oxygens (including phenoxy) is 3. The van der Waals surface area contributed by atoms with Gasteiger partial charge in [-0.25, -0.2) is 4.79 Å². The number of carbonyl (C=O) groups is 1. The third kappa shape index (κ3) is 5.24. The number of hydrogen-bond acceptors (Lipinski definition) is 7. The number of hydrogen-bond donors (Lipinski definition) is 0. The lowest BCUT2D eigenvalue weighted by Gasteiger charge is -2.11. The quantitative estimate of drug-likeness (QED) is 0.553. The van der Waals surface area contributed by atoms with Gasteiger partial charge in [0.15, 0.2) is 6.10 Å². The van der Waals surface area contributed by atoms with Crippen LogP contribution in [0, 0.1) is 0 Å². The molecule has 29 heavy (non-hydrogen) atoms. The standard InChI is InChI=1S/C19H15F3N2O5/c1-11(16-23-24-17(28-16)12-3-7-14(26-2)8-4-12)27-18(25)13-5-9-15(10-6-13)29-19(20,21)22/h3-11H,1-2H3/t11-/m1/s1. The Kier molecular flexibility index (Phi) is 5.71. The topological polar surface area (TPSA) is 83.7 Å². The second kappa shape index (κ2) is 8.21. The van der Waals surface area contributed by atoms with E-state index in [-0.39, 0.29) is 17.3 Å². The zero-order valence-corrected chi connectivity index (χ0v) is 15.3. The van der Waals surface area contributed by atoms with Crippen LogP contribution < -0.4 is 9.47 Å². The van der Waals surface area contributed by atoms with E-state index < -0.39 is 24.2 Å². The van der Waals surface area contributed by atoms with E-state index in [2.05, 4.69) is 14.9 Å². The van der Waals surface area contributed by atoms with Gasteiger partial charge in [-0.15, -0.1) is 23.4 Å². The van der Waals surface area contributed by atoms with Gasteiger partial charge in [0.25, 0.3) is 5.89 Å². The number of rotatable bonds is 6. The smallest absolute Gasteiger partial charge is 0.497 e. The molecule has 3 aromatic rings. The second-order valence-corrected chi connectivity index (χ2v) is 5.79. The molecule has 1 atom stereocenters. The highest BCUT2D eigenvalue weighted by atomic mass is 19.4. The van der Waals surface area contributed by atoms with Crippen LogP contribution in [0.15, 0.2) is 52.9 Å². The zero-order chi connectivity index (χ0) is 21.0. The number of carbonyl (C=O) groups excluding carboxylic acids is 1. The average Bonchev–Trinajstić information content (AvgIpc) is 3.17. The van der Waals surface area contributed by atoms with E-state index in [0.29, 0.717) is 11.3 Å². The van der Waals surface area contributed by atoms with E-state index in [9.17, 15) is 18.0 Å². The summed E-state index contributed by atoms with van der Waals surface area (Å²) >= 11 is 0. The van der Waals surface area contributed by atoms with Gasteiger partial charge in [0.05, 0.1) is 12.7 Å². The number of nitrogens with zero attached hydrogens (tertiary/aromatic N) is 2. The van der Waals surface area contributed by atoms with Crippen LogP contribution in [-0.4, -0.2) is 29.6 Å². The van der Waals surface area contributed by atoms with Crippen molar-refractivity contribution in [2.45, 2.75) is 19.4 Å². The minimum atomic E-state index is -4.81. The van der Waals surface area contributed by atoms with Crippen LogP contribution >= 0.6 is 0 Å². The van der Waals surface area contributed by atoms with Crippen molar-refractivity contribution in [3.63, 3.8) is 0 Å². The molecule has 0 bridgehead atoms. The van der Waals surface area contributed by atoms with E-state index in [4.69, 9.17) is 13.9 Å². The number of benzene rings is 2. The molecule has 0 aliphatic carbocycles. The van der Waals surface area contributed by atoms with Gasteiger partial charge in [-0.05, 0) is 55.5 Å². The van der Waals surface area contributed by atoms with Crippen LogP contribution in [0.5, 0.6) is 11.5 Å². The van der Waals surface area contributed by atoms with Crippen molar-refractivity contribution in [2.24, 2.45) is 0 Å². The Balaban J connectivity index is 1.64. The number of alkyl halides is 3. The minimum Gasteiger partial charge on any atom is -0.497 e. The Morgan fingerprint density at radius 1 is 1.00 bits per heavy atom. The highest BCUT2D eigenvalue weighted by Crippen LogP contribution is 2.26. The van der Waals surface area contributed by atoms with Crippen LogP contribution in [0.25, 0.3) is 11.5 Å². The van der Waals surface area contributed by atoms with Gasteiger partial charge in [-0.2, -0.15) is 0 Å². The number of methoxy groups -OCH3 is 1. The molecule has 10 heteroatoms. The molecule has 0 aliphatic rings. The third-order valence-corrected chi connectivity index (χ3v) is 3.73. The third-order valence-electron chi connectivity index (χ3n) is 3.73. The summed E-state index contributed by atoms with van der Waals surface area (Å²) in [6.07, 6.45) is -5.68. The van der Waals surface area contributed by atoms with Crippen LogP contribution in [0.1, 0.15) is 29.3 Å². The van der Waals surface area contributed by atoms with Gasteiger partial charge in [0.2, 0.25) is 5.89 Å². The summed E-state index contributed by atoms with van der Waals surface area (Å²) in [4.78, 5) is 12.2. The molecule has 2 aromatic carbocycles. The SMILES string of the molecule is COc1ccc(-c2nnc([C@@H](C)OC(=O)c3ccc(OC(F)(F)F)cc3)o2)cc1. The number of esters is 1. The summed E-state index contributed by atoms with van der Waals surface area (Å²) in [5.41, 5.74) is 0.699. The fourth-order valence-electron chi connectivity index (χ4n) is 2.32. The molecule has 152 valence electrons. The molecule has 1 aromatic heterocycles. The van der Waals surface area contributed by atoms with E-state index in [1.54, 1.807) is 31.4 Å². The Morgan fingerprint density at radius 3 is 2.21 bits per heavy atom. The van der Waals surface area contributed by atoms with Crippen molar-refractivity contribution in [2.75, 3.05) is 7.11 Å². The highest BCUT2D eigenvalue weighted by Gasteiger charge is 2.31. The molecule has 0 saturated heterocycles. The molecular formula is C19H15F3N2O5. The molecule has 0 amide bonds. The first-order valence-corrected chi connectivity index (χ1v) is 8.30. The molecule has 0 radical (unpaired) electrons. The molecule has 0 aliphatic heterocycles. The van der Waals surface area contributed by atoms with Crippen molar-refractivity contribution < 1.29 is 36.6 Å². The maximum atomic E-state index is 12.2. The van der Waals surface area contributed by atoms with E-state index >= 15 is 0 Å². The summed E-state index contributed by atoms with van der Waals surface area (Å²) in [6, 6.07) is 11.3. The summed E-state index contributed by atoms with van der Waals surface area (Å²) < 4.78 is 56.1. The number of aromatic nitrogens is 2. The van der Waals surface area contributed by atoms with Gasteiger partial charge in [-0.1, -0.05) is 0 Å². The van der Waals surface area contributed by atoms with Crippen LogP contribution in [-0.2, 0) is 4.74 Å². The first kappa shape index (κ1) is 20.2. The normalized spacial score (nSPS) is 12.3. The maximum absolute atomic E-state index is 12.2. The zero-order valence-electron chi connectivity index (χ0n) is 15.3. The predicted octanol–water partition coefficient (Wildman–Crippen LogP) is 4.56. The molecule has 0 unspecified atom stereocenters. The van der Waals surface area contributed by atoms with Crippen molar-refractivity contribution in [3.05, 3.63) is 60.0 Å². The summed E-state index contributed by atoms with van der Waals surface area (Å²) in [6.45, 7) is 1.53. The monoisotopic (exact) mass is 408 g/mol. The predicted molar refractivity (Wildman–Crippen MR) is 93.2 cm³/mol. The molecular weight excluding hydrogens is 393 g/mol. The maximum Gasteiger partial charge on any atom is 0.573 e. The van der Waals surface area contributed by atoms with Gasteiger partial charge < -0.3 is 18.6 Å². The molecule has 0 N–H and O–H groups in total. The van der Waals surface area contributed by atoms with Crippen LogP contribution in [0.2, 0.25) is 0 Å². The summed E-state index contributed by atoms with van der Waals surface area (Å²) in [7, 11) is 1.55. The van der Waals surface area contributed by atoms with Gasteiger partial charge in [-0.3, -0.25) is 0 Å². The van der Waals surface area contributed by atoms with Gasteiger partial charge in [0.1, 0.15) is 11.5 Å². The molecule has 1 heterocycles. The largest absolute Gasteiger partial charge is 0.573 e. The van der Waals surface area contributed by atoms with Crippen LogP contribution in [0.3, 0.4) is 0 Å². The highest BCUT2D eigenvalue weighted by molar-refractivity contribution is 5.89. The first-order chi connectivity index (χ1) is 13.7. The lowest BCUT2D eigenvalue weighted by atomic mass is 10.2. The van der Waals surface area contributed by atoms with Crippen molar-refractivity contribution in [3.8, 4) is 23.0 Å². The molecule has 7 nitrogen and oxygen atoms in total. The lowest BCUT2D eigenvalue weighted by molar-refractivity contribution is -0.274. The van der Waals surface area contributed by atoms with Crippen molar-refractivity contribution in [1.82, 2.24) is 10.2 Å². The van der Waals surface area contributed by atoms with E-state index in [0.717, 1.165) is 24.3 Å². The van der Waals surface area contributed by atoms with Gasteiger partial charge in [0, 0.05) is 5.56 Å². The Labute approximate surface area is 163 Å². The summed E-state index contributed by atoms with van der Waals surface area (Å²) in [5, 5.41) is 7.78. The average molecular weight is 408 g/mol. The van der Waals surface area contributed by atoms with E-state index in [1.165, 1.54) is 6.92 Å².